The zero-order valence-electron chi connectivity index (χ0n) is 12.9. The Balaban J connectivity index is 1.98. The van der Waals surface area contributed by atoms with Crippen molar-refractivity contribution < 1.29 is 13.2 Å². The second kappa shape index (κ2) is 5.64. The quantitative estimate of drug-likeness (QED) is 0.864. The molecule has 0 saturated carbocycles. The first-order valence-electron chi connectivity index (χ1n) is 7.55. The molecular formula is C15H21N3O3S. The Morgan fingerprint density at radius 1 is 1.32 bits per heavy atom. The maximum absolute atomic E-state index is 12.9. The van der Waals surface area contributed by atoms with E-state index >= 15 is 0 Å². The molecular weight excluding hydrogens is 302 g/mol. The molecule has 22 heavy (non-hydrogen) atoms. The zero-order chi connectivity index (χ0) is 15.9. The molecule has 1 N–H and O–H groups in total. The van der Waals surface area contributed by atoms with Crippen molar-refractivity contribution in [2.45, 2.75) is 31.2 Å². The smallest absolute Gasteiger partial charge is 0.243 e. The summed E-state index contributed by atoms with van der Waals surface area (Å²) < 4.78 is 27.3. The van der Waals surface area contributed by atoms with E-state index in [0.717, 1.165) is 17.7 Å². The van der Waals surface area contributed by atoms with Crippen LogP contribution in [0.5, 0.6) is 0 Å². The van der Waals surface area contributed by atoms with Crippen LogP contribution in [0.4, 0.5) is 5.69 Å². The molecule has 1 saturated heterocycles. The van der Waals surface area contributed by atoms with Crippen LogP contribution in [0.2, 0.25) is 0 Å². The summed E-state index contributed by atoms with van der Waals surface area (Å²) in [7, 11) is -3.53. The molecule has 120 valence electrons. The van der Waals surface area contributed by atoms with E-state index in [1.165, 1.54) is 11.2 Å². The van der Waals surface area contributed by atoms with Gasteiger partial charge in [-0.1, -0.05) is 6.07 Å². The first-order valence-corrected chi connectivity index (χ1v) is 8.99. The number of sulfonamides is 1. The Hall–Kier alpha value is -1.44. The fourth-order valence-electron chi connectivity index (χ4n) is 3.16. The second-order valence-corrected chi connectivity index (χ2v) is 7.77. The molecule has 0 aliphatic carbocycles. The average molecular weight is 323 g/mol. The van der Waals surface area contributed by atoms with E-state index in [0.29, 0.717) is 26.2 Å². The van der Waals surface area contributed by atoms with Crippen molar-refractivity contribution in [3.05, 3.63) is 23.8 Å². The highest BCUT2D eigenvalue weighted by molar-refractivity contribution is 7.89. The molecule has 1 unspecified atom stereocenters. The van der Waals surface area contributed by atoms with Crippen LogP contribution in [-0.2, 0) is 21.2 Å². The number of fused-ring (bicyclic) bond motifs is 1. The van der Waals surface area contributed by atoms with Crippen molar-refractivity contribution in [1.82, 2.24) is 9.62 Å². The van der Waals surface area contributed by atoms with Crippen LogP contribution in [0.1, 0.15) is 19.4 Å². The summed E-state index contributed by atoms with van der Waals surface area (Å²) in [6.45, 7) is 5.82. The summed E-state index contributed by atoms with van der Waals surface area (Å²) in [6, 6.07) is 5.06. The number of nitrogens with zero attached hydrogens (tertiary/aromatic N) is 2. The maximum atomic E-state index is 12.9. The Morgan fingerprint density at radius 2 is 2.09 bits per heavy atom. The predicted molar refractivity (Wildman–Crippen MR) is 84.4 cm³/mol. The van der Waals surface area contributed by atoms with Crippen LogP contribution in [0.3, 0.4) is 0 Å². The lowest BCUT2D eigenvalue weighted by Gasteiger charge is -2.33. The maximum Gasteiger partial charge on any atom is 0.243 e. The largest absolute Gasteiger partial charge is 0.314 e. The molecule has 0 bridgehead atoms. The van der Waals surface area contributed by atoms with Crippen LogP contribution in [0, 0.1) is 0 Å². The molecule has 0 spiro atoms. The van der Waals surface area contributed by atoms with Crippen molar-refractivity contribution in [3.8, 4) is 0 Å². The van der Waals surface area contributed by atoms with Gasteiger partial charge in [-0.15, -0.1) is 0 Å². The molecule has 0 aromatic heterocycles. The topological polar surface area (TPSA) is 69.7 Å². The molecule has 2 aliphatic rings. The van der Waals surface area contributed by atoms with Gasteiger partial charge in [-0.25, -0.2) is 8.42 Å². The number of hydrogen-bond acceptors (Lipinski definition) is 4. The Bertz CT molecular complexity index is 702. The van der Waals surface area contributed by atoms with Gasteiger partial charge in [0.25, 0.3) is 0 Å². The van der Waals surface area contributed by atoms with Gasteiger partial charge in [0.1, 0.15) is 0 Å². The normalized spacial score (nSPS) is 22.6. The molecule has 1 amide bonds. The molecule has 1 aromatic carbocycles. The van der Waals surface area contributed by atoms with Gasteiger partial charge in [0.2, 0.25) is 15.9 Å². The van der Waals surface area contributed by atoms with Crippen molar-refractivity contribution in [1.29, 1.82) is 0 Å². The van der Waals surface area contributed by atoms with Crippen molar-refractivity contribution in [2.75, 3.05) is 31.1 Å². The number of nitrogens with one attached hydrogen (secondary N) is 1. The first kappa shape index (κ1) is 15.5. The van der Waals surface area contributed by atoms with Gasteiger partial charge in [-0.05, 0) is 31.0 Å². The Morgan fingerprint density at radius 3 is 2.77 bits per heavy atom. The summed E-state index contributed by atoms with van der Waals surface area (Å²) >= 11 is 0. The van der Waals surface area contributed by atoms with Crippen LogP contribution in [-0.4, -0.2) is 50.9 Å². The molecule has 1 aromatic rings. The van der Waals surface area contributed by atoms with E-state index < -0.39 is 10.0 Å². The zero-order valence-corrected chi connectivity index (χ0v) is 13.7. The van der Waals surface area contributed by atoms with Crippen LogP contribution in [0.15, 0.2) is 23.1 Å². The van der Waals surface area contributed by atoms with Crippen LogP contribution in [0.25, 0.3) is 0 Å². The van der Waals surface area contributed by atoms with E-state index in [1.54, 1.807) is 17.0 Å². The van der Waals surface area contributed by atoms with Gasteiger partial charge in [0, 0.05) is 44.8 Å². The number of amides is 1. The lowest BCUT2D eigenvalue weighted by atomic mass is 10.2. The van der Waals surface area contributed by atoms with Gasteiger partial charge >= 0.3 is 0 Å². The van der Waals surface area contributed by atoms with Crippen molar-refractivity contribution >= 4 is 21.6 Å². The van der Waals surface area contributed by atoms with E-state index in [9.17, 15) is 13.2 Å². The third-order valence-electron chi connectivity index (χ3n) is 4.38. The number of benzene rings is 1. The van der Waals surface area contributed by atoms with E-state index in [2.05, 4.69) is 5.32 Å². The lowest BCUT2D eigenvalue weighted by molar-refractivity contribution is -0.116. The van der Waals surface area contributed by atoms with Gasteiger partial charge in [0.05, 0.1) is 4.90 Å². The minimum absolute atomic E-state index is 0.0520. The Kier molecular flexibility index (Phi) is 3.96. The number of carbonyl (C=O) groups excluding carboxylic acids is 1. The van der Waals surface area contributed by atoms with Crippen LogP contribution < -0.4 is 10.2 Å². The van der Waals surface area contributed by atoms with Gasteiger partial charge in [-0.2, -0.15) is 4.31 Å². The average Bonchev–Trinajstić information content (AvgIpc) is 2.90. The molecule has 6 nitrogen and oxygen atoms in total. The summed E-state index contributed by atoms with van der Waals surface area (Å²) in [5.74, 6) is -0.0520. The SMILES string of the molecule is CC(=O)N1CCc2ccc(S(=O)(=O)N3CCNCC3C)cc21. The third-order valence-corrected chi connectivity index (χ3v) is 6.39. The molecule has 0 radical (unpaired) electrons. The highest BCUT2D eigenvalue weighted by atomic mass is 32.2. The van der Waals surface area contributed by atoms with E-state index in [4.69, 9.17) is 0 Å². The summed E-state index contributed by atoms with van der Waals surface area (Å²) in [4.78, 5) is 13.6. The van der Waals surface area contributed by atoms with E-state index in [-0.39, 0.29) is 16.8 Å². The third kappa shape index (κ3) is 2.53. The number of anilines is 1. The first-order chi connectivity index (χ1) is 10.4. The van der Waals surface area contributed by atoms with Crippen molar-refractivity contribution in [3.63, 3.8) is 0 Å². The highest BCUT2D eigenvalue weighted by Gasteiger charge is 2.32. The van der Waals surface area contributed by atoms with Gasteiger partial charge < -0.3 is 10.2 Å². The Labute approximate surface area is 131 Å². The second-order valence-electron chi connectivity index (χ2n) is 5.88. The molecule has 2 aliphatic heterocycles. The molecule has 3 rings (SSSR count). The molecule has 7 heteroatoms. The molecule has 1 atom stereocenters. The van der Waals surface area contributed by atoms with E-state index in [1.807, 2.05) is 13.0 Å². The van der Waals surface area contributed by atoms with Gasteiger partial charge in [-0.3, -0.25) is 4.79 Å². The number of hydrogen-bond donors (Lipinski definition) is 1. The summed E-state index contributed by atoms with van der Waals surface area (Å²) in [6.07, 6.45) is 0.777. The van der Waals surface area contributed by atoms with Gasteiger partial charge in [0.15, 0.2) is 0 Å². The highest BCUT2D eigenvalue weighted by Crippen LogP contribution is 2.32. The minimum atomic E-state index is -3.53. The van der Waals surface area contributed by atoms with Crippen molar-refractivity contribution in [2.24, 2.45) is 0 Å². The standard InChI is InChI=1S/C15H21N3O3S/c1-11-10-16-6-8-18(11)22(20,21)14-4-3-13-5-7-17(12(2)19)15(13)9-14/h3-4,9,11,16H,5-8,10H2,1-2H3. The predicted octanol–water partition coefficient (Wildman–Crippen LogP) is 0.578. The lowest BCUT2D eigenvalue weighted by Crippen LogP contribution is -2.52. The number of carbonyl (C=O) groups is 1. The fraction of sp³-hybridized carbons (Fsp3) is 0.533. The summed E-state index contributed by atoms with van der Waals surface area (Å²) in [5.41, 5.74) is 1.76. The fourth-order valence-corrected chi connectivity index (χ4v) is 4.81. The monoisotopic (exact) mass is 323 g/mol. The molecule has 1 fully saturated rings. The number of piperazine rings is 1. The molecule has 2 heterocycles. The summed E-state index contributed by atoms with van der Waals surface area (Å²) in [5, 5.41) is 3.19. The minimum Gasteiger partial charge on any atom is -0.314 e. The number of rotatable bonds is 2. The van der Waals surface area contributed by atoms with Crippen LogP contribution >= 0.6 is 0 Å².